The van der Waals surface area contributed by atoms with Crippen LogP contribution in [-0.2, 0) is 0 Å². The van der Waals surface area contributed by atoms with Gasteiger partial charge in [0.2, 0.25) is 0 Å². The third-order valence-corrected chi connectivity index (χ3v) is 1.20. The van der Waals surface area contributed by atoms with Crippen LogP contribution in [0.3, 0.4) is 0 Å². The van der Waals surface area contributed by atoms with Gasteiger partial charge in [-0.3, -0.25) is 5.41 Å². The molecular weight excluding hydrogens is 160 g/mol. The number of guanidine groups is 1. The summed E-state index contributed by atoms with van der Waals surface area (Å²) in [5, 5.41) is 19.8. The van der Waals surface area contributed by atoms with Crippen LogP contribution in [0.5, 0.6) is 0 Å². The summed E-state index contributed by atoms with van der Waals surface area (Å²) in [5.41, 5.74) is 5.02. The normalized spacial score (nSPS) is 9.00. The van der Waals surface area contributed by atoms with Gasteiger partial charge in [0.05, 0.1) is 0 Å². The minimum absolute atomic E-state index is 0.0545. The topological polar surface area (TPSA) is 111 Å². The average Bonchev–Trinajstić information content (AvgIpc) is 1.95. The van der Waals surface area contributed by atoms with Crippen LogP contribution < -0.4 is 16.4 Å². The van der Waals surface area contributed by atoms with E-state index in [1.54, 1.807) is 0 Å². The number of nitrogens with two attached hydrogens (primary N) is 1. The molecule has 70 valence electrons. The van der Waals surface area contributed by atoms with Crippen molar-refractivity contribution < 1.29 is 9.90 Å². The van der Waals surface area contributed by atoms with Crippen LogP contribution in [0.15, 0.2) is 0 Å². The third-order valence-electron chi connectivity index (χ3n) is 1.20. The SMILES string of the molecule is N=C(N)NCCCCNC(=O)O. The molecule has 0 spiro atoms. The first-order chi connectivity index (χ1) is 5.63. The van der Waals surface area contributed by atoms with Crippen molar-refractivity contribution in [3.63, 3.8) is 0 Å². The second-order valence-electron chi connectivity index (χ2n) is 2.28. The zero-order valence-corrected chi connectivity index (χ0v) is 6.76. The van der Waals surface area contributed by atoms with Crippen LogP contribution in [0.25, 0.3) is 0 Å². The second kappa shape index (κ2) is 6.26. The maximum atomic E-state index is 9.96. The van der Waals surface area contributed by atoms with Crippen LogP contribution in [0, 0.1) is 5.41 Å². The smallest absolute Gasteiger partial charge is 0.404 e. The average molecular weight is 174 g/mol. The van der Waals surface area contributed by atoms with E-state index in [1.165, 1.54) is 0 Å². The van der Waals surface area contributed by atoms with Crippen molar-refractivity contribution >= 4 is 12.1 Å². The van der Waals surface area contributed by atoms with E-state index < -0.39 is 6.09 Å². The zero-order valence-electron chi connectivity index (χ0n) is 6.76. The van der Waals surface area contributed by atoms with Crippen molar-refractivity contribution in [2.75, 3.05) is 13.1 Å². The van der Waals surface area contributed by atoms with E-state index in [0.717, 1.165) is 12.8 Å². The minimum atomic E-state index is -1.01. The van der Waals surface area contributed by atoms with Gasteiger partial charge in [-0.25, -0.2) is 4.79 Å². The van der Waals surface area contributed by atoms with Crippen LogP contribution in [0.2, 0.25) is 0 Å². The summed E-state index contributed by atoms with van der Waals surface area (Å²) in [6, 6.07) is 0. The van der Waals surface area contributed by atoms with Gasteiger partial charge in [0.15, 0.2) is 5.96 Å². The Morgan fingerprint density at radius 1 is 1.33 bits per heavy atom. The van der Waals surface area contributed by atoms with E-state index in [-0.39, 0.29) is 5.96 Å². The molecule has 1 amide bonds. The maximum absolute atomic E-state index is 9.96. The molecule has 0 aromatic rings. The fourth-order valence-corrected chi connectivity index (χ4v) is 0.668. The monoisotopic (exact) mass is 174 g/mol. The van der Waals surface area contributed by atoms with E-state index in [9.17, 15) is 4.79 Å². The maximum Gasteiger partial charge on any atom is 0.404 e. The van der Waals surface area contributed by atoms with Crippen molar-refractivity contribution in [1.29, 1.82) is 5.41 Å². The Balaban J connectivity index is 3.01. The van der Waals surface area contributed by atoms with Gasteiger partial charge in [0.1, 0.15) is 0 Å². The number of carbonyl (C=O) groups is 1. The number of nitrogens with one attached hydrogen (secondary N) is 3. The summed E-state index contributed by atoms with van der Waals surface area (Å²) >= 11 is 0. The van der Waals surface area contributed by atoms with Gasteiger partial charge < -0.3 is 21.5 Å². The molecule has 0 aromatic heterocycles. The Bertz CT molecular complexity index is 142. The van der Waals surface area contributed by atoms with Crippen LogP contribution in [0.4, 0.5) is 4.79 Å². The summed E-state index contributed by atoms with van der Waals surface area (Å²) in [6.45, 7) is 1.05. The largest absolute Gasteiger partial charge is 0.465 e. The number of hydrogen-bond donors (Lipinski definition) is 5. The predicted octanol–water partition coefficient (Wildman–Crippen LogP) is -0.483. The molecule has 0 heterocycles. The fourth-order valence-electron chi connectivity index (χ4n) is 0.668. The summed E-state index contributed by atoms with van der Waals surface area (Å²) in [6.07, 6.45) is 0.529. The fraction of sp³-hybridized carbons (Fsp3) is 0.667. The van der Waals surface area contributed by atoms with Gasteiger partial charge >= 0.3 is 6.09 Å². The van der Waals surface area contributed by atoms with Crippen molar-refractivity contribution in [1.82, 2.24) is 10.6 Å². The van der Waals surface area contributed by atoms with Gasteiger partial charge in [0, 0.05) is 13.1 Å². The number of unbranched alkanes of at least 4 members (excludes halogenated alkanes) is 1. The van der Waals surface area contributed by atoms with E-state index in [1.807, 2.05) is 0 Å². The van der Waals surface area contributed by atoms with Crippen molar-refractivity contribution in [3.05, 3.63) is 0 Å². The van der Waals surface area contributed by atoms with Gasteiger partial charge in [-0.05, 0) is 12.8 Å². The van der Waals surface area contributed by atoms with Gasteiger partial charge in [-0.15, -0.1) is 0 Å². The summed E-state index contributed by atoms with van der Waals surface area (Å²) < 4.78 is 0. The summed E-state index contributed by atoms with van der Waals surface area (Å²) in [5.74, 6) is -0.0545. The van der Waals surface area contributed by atoms with Crippen LogP contribution >= 0.6 is 0 Å². The number of hydrogen-bond acceptors (Lipinski definition) is 2. The van der Waals surface area contributed by atoms with Crippen LogP contribution in [-0.4, -0.2) is 30.2 Å². The Morgan fingerprint density at radius 2 is 1.83 bits per heavy atom. The molecule has 0 fully saturated rings. The minimum Gasteiger partial charge on any atom is -0.465 e. The van der Waals surface area contributed by atoms with Gasteiger partial charge in [0.25, 0.3) is 0 Å². The molecule has 0 aliphatic heterocycles. The molecule has 6 nitrogen and oxygen atoms in total. The van der Waals surface area contributed by atoms with E-state index in [0.29, 0.717) is 13.1 Å². The molecule has 0 aliphatic rings. The molecule has 0 radical (unpaired) electrons. The molecule has 0 aromatic carbocycles. The molecule has 0 saturated heterocycles. The lowest BCUT2D eigenvalue weighted by Gasteiger charge is -2.02. The summed E-state index contributed by atoms with van der Waals surface area (Å²) in [7, 11) is 0. The first-order valence-corrected chi connectivity index (χ1v) is 3.67. The Kier molecular flexibility index (Phi) is 5.50. The highest BCUT2D eigenvalue weighted by atomic mass is 16.4. The molecule has 0 atom stereocenters. The lowest BCUT2D eigenvalue weighted by molar-refractivity contribution is 0.194. The number of amides is 1. The third kappa shape index (κ3) is 8.54. The molecule has 0 unspecified atom stereocenters. The van der Waals surface area contributed by atoms with E-state index in [2.05, 4.69) is 10.6 Å². The van der Waals surface area contributed by atoms with Crippen molar-refractivity contribution in [2.45, 2.75) is 12.8 Å². The highest BCUT2D eigenvalue weighted by Crippen LogP contribution is 1.83. The lowest BCUT2D eigenvalue weighted by atomic mass is 10.3. The summed E-state index contributed by atoms with van der Waals surface area (Å²) in [4.78, 5) is 9.96. The van der Waals surface area contributed by atoms with E-state index >= 15 is 0 Å². The zero-order chi connectivity index (χ0) is 9.40. The van der Waals surface area contributed by atoms with Gasteiger partial charge in [-0.1, -0.05) is 0 Å². The Hall–Kier alpha value is -1.46. The molecule has 0 bridgehead atoms. The number of carboxylic acid groups (broad SMARTS) is 1. The molecule has 0 saturated carbocycles. The number of rotatable bonds is 5. The van der Waals surface area contributed by atoms with Crippen LogP contribution in [0.1, 0.15) is 12.8 Å². The molecular formula is C6H14N4O2. The standard InChI is InChI=1S/C6H14N4O2/c7-5(8)9-3-1-2-4-10-6(11)12/h10H,1-4H2,(H,11,12)(H4,7,8,9). The molecule has 6 N–H and O–H groups in total. The molecule has 12 heavy (non-hydrogen) atoms. The van der Waals surface area contributed by atoms with Crippen molar-refractivity contribution in [2.24, 2.45) is 5.73 Å². The van der Waals surface area contributed by atoms with Crippen molar-refractivity contribution in [3.8, 4) is 0 Å². The molecule has 0 aliphatic carbocycles. The molecule has 0 rings (SSSR count). The quantitative estimate of drug-likeness (QED) is 0.220. The molecule has 6 heteroatoms. The van der Waals surface area contributed by atoms with E-state index in [4.69, 9.17) is 16.2 Å². The first kappa shape index (κ1) is 10.5. The lowest BCUT2D eigenvalue weighted by Crippen LogP contribution is -2.31. The highest BCUT2D eigenvalue weighted by Gasteiger charge is 1.93. The Labute approximate surface area is 70.6 Å². The second-order valence-corrected chi connectivity index (χ2v) is 2.28. The highest BCUT2D eigenvalue weighted by molar-refractivity contribution is 5.74. The predicted molar refractivity (Wildman–Crippen MR) is 45.2 cm³/mol. The Morgan fingerprint density at radius 3 is 2.25 bits per heavy atom. The first-order valence-electron chi connectivity index (χ1n) is 3.67. The van der Waals surface area contributed by atoms with Gasteiger partial charge in [-0.2, -0.15) is 0 Å².